The van der Waals surface area contributed by atoms with Gasteiger partial charge in [0.2, 0.25) is 11.9 Å². The summed E-state index contributed by atoms with van der Waals surface area (Å²) in [5, 5.41) is 11.2. The van der Waals surface area contributed by atoms with Crippen LogP contribution in [0.3, 0.4) is 0 Å². The van der Waals surface area contributed by atoms with Crippen molar-refractivity contribution < 1.29 is 4.79 Å². The van der Waals surface area contributed by atoms with E-state index >= 15 is 0 Å². The maximum Gasteiger partial charge on any atom is 0.247 e. The Morgan fingerprint density at radius 2 is 1.94 bits per heavy atom. The number of amides is 1. The Bertz CT molecular complexity index is 1110. The van der Waals surface area contributed by atoms with Crippen molar-refractivity contribution in [1.29, 1.82) is 0 Å². The number of nitrogens with one attached hydrogen (secondary N) is 3. The molecule has 1 aliphatic heterocycles. The van der Waals surface area contributed by atoms with Crippen molar-refractivity contribution in [3.8, 4) is 0 Å². The summed E-state index contributed by atoms with van der Waals surface area (Å²) < 4.78 is 0. The van der Waals surface area contributed by atoms with Crippen molar-refractivity contribution in [2.75, 3.05) is 54.1 Å². The fraction of sp³-hybridized carbons (Fsp3) is 0.238. The number of aromatic nitrogens is 3. The topological polar surface area (TPSA) is 98.3 Å². The van der Waals surface area contributed by atoms with Gasteiger partial charge in [0.1, 0.15) is 10.0 Å². The van der Waals surface area contributed by atoms with Crippen molar-refractivity contribution in [3.05, 3.63) is 54.3 Å². The number of benzene rings is 1. The molecular formula is C21H23ClN8OS. The third-order valence-electron chi connectivity index (χ3n) is 4.85. The monoisotopic (exact) mass is 470 g/mol. The van der Waals surface area contributed by atoms with Crippen LogP contribution >= 0.6 is 22.9 Å². The lowest BCUT2D eigenvalue weighted by molar-refractivity contribution is -0.111. The van der Waals surface area contributed by atoms with Crippen LogP contribution in [-0.4, -0.2) is 59.0 Å². The zero-order valence-corrected chi connectivity index (χ0v) is 19.1. The number of anilines is 6. The summed E-state index contributed by atoms with van der Waals surface area (Å²) in [5.74, 6) is 0.535. The van der Waals surface area contributed by atoms with Crippen molar-refractivity contribution in [2.24, 2.45) is 0 Å². The van der Waals surface area contributed by atoms with Crippen LogP contribution in [0.2, 0.25) is 5.02 Å². The zero-order chi connectivity index (χ0) is 22.5. The number of likely N-dealkylation sites (N-methyl/N-ethyl adjacent to an activating group) is 1. The maximum absolute atomic E-state index is 11.5. The number of carbonyl (C=O) groups excluding carboxylic acids is 1. The average molecular weight is 471 g/mol. The molecule has 1 fully saturated rings. The molecule has 1 aromatic carbocycles. The Labute approximate surface area is 195 Å². The number of nitrogens with zero attached hydrogens (tertiary/aromatic N) is 5. The highest BCUT2D eigenvalue weighted by Crippen LogP contribution is 2.30. The smallest absolute Gasteiger partial charge is 0.247 e. The van der Waals surface area contributed by atoms with Crippen molar-refractivity contribution in [1.82, 2.24) is 19.9 Å². The van der Waals surface area contributed by atoms with Gasteiger partial charge in [-0.3, -0.25) is 10.1 Å². The molecule has 4 rings (SSSR count). The van der Waals surface area contributed by atoms with E-state index in [-0.39, 0.29) is 5.91 Å². The first-order valence-electron chi connectivity index (χ1n) is 9.99. The van der Waals surface area contributed by atoms with Crippen LogP contribution in [0.4, 0.5) is 33.3 Å². The molecule has 11 heteroatoms. The van der Waals surface area contributed by atoms with Gasteiger partial charge < -0.3 is 20.4 Å². The summed E-state index contributed by atoms with van der Waals surface area (Å²) in [6, 6.07) is 7.21. The van der Waals surface area contributed by atoms with E-state index in [1.54, 1.807) is 23.5 Å². The fourth-order valence-electron chi connectivity index (χ4n) is 3.11. The Morgan fingerprint density at radius 1 is 1.16 bits per heavy atom. The number of thiazole rings is 1. The molecule has 1 aliphatic rings. The minimum absolute atomic E-state index is 0.284. The zero-order valence-electron chi connectivity index (χ0n) is 17.5. The van der Waals surface area contributed by atoms with E-state index < -0.39 is 0 Å². The summed E-state index contributed by atoms with van der Waals surface area (Å²) in [5.41, 5.74) is 1.34. The van der Waals surface area contributed by atoms with Gasteiger partial charge in [0, 0.05) is 37.6 Å². The molecule has 2 aromatic heterocycles. The number of piperazine rings is 1. The number of carbonyl (C=O) groups is 1. The van der Waals surface area contributed by atoms with E-state index in [1.165, 1.54) is 12.3 Å². The van der Waals surface area contributed by atoms with Gasteiger partial charge in [0.05, 0.1) is 12.4 Å². The largest absolute Gasteiger partial charge is 0.360 e. The number of hydrogen-bond acceptors (Lipinski definition) is 9. The molecule has 9 nitrogen and oxygen atoms in total. The van der Waals surface area contributed by atoms with Crippen LogP contribution in [0.5, 0.6) is 0 Å². The SMILES string of the molecule is C=CC(=O)Nc1cccc(Nc2nc(Nc3ncc(N4CCN(C)CC4)s3)ncc2Cl)c1. The second kappa shape index (κ2) is 9.94. The normalized spacial score (nSPS) is 14.1. The highest BCUT2D eigenvalue weighted by molar-refractivity contribution is 7.19. The lowest BCUT2D eigenvalue weighted by atomic mass is 10.2. The molecule has 3 heterocycles. The summed E-state index contributed by atoms with van der Waals surface area (Å²) in [6.07, 6.45) is 4.61. The molecule has 3 N–H and O–H groups in total. The van der Waals surface area contributed by atoms with Crippen LogP contribution < -0.4 is 20.9 Å². The summed E-state index contributed by atoms with van der Waals surface area (Å²) in [6.45, 7) is 7.49. The molecule has 3 aromatic rings. The lowest BCUT2D eigenvalue weighted by Gasteiger charge is -2.32. The minimum Gasteiger partial charge on any atom is -0.360 e. The Balaban J connectivity index is 1.45. The molecule has 0 bridgehead atoms. The number of hydrogen-bond donors (Lipinski definition) is 3. The molecule has 0 saturated carbocycles. The van der Waals surface area contributed by atoms with Crippen molar-refractivity contribution in [3.63, 3.8) is 0 Å². The minimum atomic E-state index is -0.284. The lowest BCUT2D eigenvalue weighted by Crippen LogP contribution is -2.44. The fourth-order valence-corrected chi connectivity index (χ4v) is 4.11. The van der Waals surface area contributed by atoms with Crippen molar-refractivity contribution in [2.45, 2.75) is 0 Å². The summed E-state index contributed by atoms with van der Waals surface area (Å²) in [4.78, 5) is 29.4. The average Bonchev–Trinajstić information content (AvgIpc) is 3.25. The van der Waals surface area contributed by atoms with Crippen molar-refractivity contribution >= 4 is 62.1 Å². The van der Waals surface area contributed by atoms with Gasteiger partial charge in [-0.15, -0.1) is 0 Å². The molecule has 0 radical (unpaired) electrons. The maximum atomic E-state index is 11.5. The Hall–Kier alpha value is -3.21. The Morgan fingerprint density at radius 3 is 2.72 bits per heavy atom. The molecule has 0 atom stereocenters. The van der Waals surface area contributed by atoms with E-state index in [9.17, 15) is 4.79 Å². The van der Waals surface area contributed by atoms with Gasteiger partial charge in [-0.1, -0.05) is 35.6 Å². The first kappa shape index (κ1) is 22.0. The molecule has 1 amide bonds. The van der Waals surface area contributed by atoms with Crippen LogP contribution in [-0.2, 0) is 4.79 Å². The van der Waals surface area contributed by atoms with Gasteiger partial charge in [-0.2, -0.15) is 4.98 Å². The standard InChI is InChI=1S/C21H23ClN8OS/c1-3-17(31)25-14-5-4-6-15(11-14)26-19-16(22)12-23-20(27-19)28-21-24-13-18(32-21)30-9-7-29(2)8-10-30/h3-6,11-13H,1,7-10H2,2H3,(H,25,31)(H2,23,24,26,27,28). The second-order valence-electron chi connectivity index (χ2n) is 7.21. The third kappa shape index (κ3) is 5.52. The first-order chi connectivity index (χ1) is 15.5. The predicted molar refractivity (Wildman–Crippen MR) is 131 cm³/mol. The first-order valence-corrected chi connectivity index (χ1v) is 11.2. The molecule has 32 heavy (non-hydrogen) atoms. The molecule has 0 aliphatic carbocycles. The summed E-state index contributed by atoms with van der Waals surface area (Å²) in [7, 11) is 2.13. The molecular weight excluding hydrogens is 448 g/mol. The van der Waals surface area contributed by atoms with E-state index in [1.807, 2.05) is 18.3 Å². The second-order valence-corrected chi connectivity index (χ2v) is 8.62. The highest BCUT2D eigenvalue weighted by atomic mass is 35.5. The van der Waals surface area contributed by atoms with Gasteiger partial charge in [0.25, 0.3) is 0 Å². The van der Waals surface area contributed by atoms with Crippen LogP contribution in [0.1, 0.15) is 0 Å². The third-order valence-corrected chi connectivity index (χ3v) is 6.10. The predicted octanol–water partition coefficient (Wildman–Crippen LogP) is 3.95. The number of halogens is 1. The van der Waals surface area contributed by atoms with Crippen LogP contribution in [0, 0.1) is 0 Å². The summed E-state index contributed by atoms with van der Waals surface area (Å²) >= 11 is 7.85. The highest BCUT2D eigenvalue weighted by Gasteiger charge is 2.17. The quantitative estimate of drug-likeness (QED) is 0.446. The Kier molecular flexibility index (Phi) is 6.84. The van der Waals surface area contributed by atoms with E-state index in [4.69, 9.17) is 11.6 Å². The van der Waals surface area contributed by atoms with Crippen LogP contribution in [0.25, 0.3) is 0 Å². The molecule has 1 saturated heterocycles. The van der Waals surface area contributed by atoms with Gasteiger partial charge in [-0.25, -0.2) is 9.97 Å². The van der Waals surface area contributed by atoms with Gasteiger partial charge in [0.15, 0.2) is 10.9 Å². The van der Waals surface area contributed by atoms with Crippen LogP contribution in [0.15, 0.2) is 49.3 Å². The van der Waals surface area contributed by atoms with Gasteiger partial charge >= 0.3 is 0 Å². The van der Waals surface area contributed by atoms with E-state index in [0.29, 0.717) is 33.3 Å². The number of rotatable bonds is 7. The van der Waals surface area contributed by atoms with Gasteiger partial charge in [-0.05, 0) is 31.3 Å². The molecule has 0 spiro atoms. The van der Waals surface area contributed by atoms with E-state index in [0.717, 1.165) is 31.2 Å². The molecule has 0 unspecified atom stereocenters. The van der Waals surface area contributed by atoms with E-state index in [2.05, 4.69) is 54.3 Å². The molecule has 166 valence electrons.